The molecule has 160 valence electrons. The van der Waals surface area contributed by atoms with E-state index in [1.165, 1.54) is 6.07 Å². The average Bonchev–Trinajstić information content (AvgIpc) is 2.87. The van der Waals surface area contributed by atoms with Gasteiger partial charge in [-0.05, 0) is 45.0 Å². The Morgan fingerprint density at radius 2 is 1.87 bits per heavy atom. The second kappa shape index (κ2) is 7.58. The van der Waals surface area contributed by atoms with Crippen LogP contribution in [-0.2, 0) is 12.6 Å². The molecule has 1 aromatic carbocycles. The van der Waals surface area contributed by atoms with E-state index in [2.05, 4.69) is 33.7 Å². The van der Waals surface area contributed by atoms with Crippen LogP contribution in [-0.4, -0.2) is 55.5 Å². The van der Waals surface area contributed by atoms with Gasteiger partial charge in [0.25, 0.3) is 0 Å². The summed E-state index contributed by atoms with van der Waals surface area (Å²) >= 11 is 0. The van der Waals surface area contributed by atoms with Crippen LogP contribution in [0.15, 0.2) is 23.7 Å². The van der Waals surface area contributed by atoms with E-state index in [4.69, 9.17) is 4.98 Å². The fourth-order valence-electron chi connectivity index (χ4n) is 4.10. The minimum absolute atomic E-state index is 0.429. The first-order valence-electron chi connectivity index (χ1n) is 10.1. The van der Waals surface area contributed by atoms with Gasteiger partial charge in [-0.15, -0.1) is 0 Å². The van der Waals surface area contributed by atoms with Crippen LogP contribution in [0.2, 0.25) is 0 Å². The lowest BCUT2D eigenvalue weighted by Crippen LogP contribution is -2.45. The molecule has 0 spiro atoms. The van der Waals surface area contributed by atoms with E-state index < -0.39 is 11.7 Å². The fraction of sp³-hybridized carbons (Fsp3) is 0.455. The Labute approximate surface area is 174 Å². The van der Waals surface area contributed by atoms with Crippen LogP contribution in [0.3, 0.4) is 0 Å². The van der Waals surface area contributed by atoms with Gasteiger partial charge in [0.15, 0.2) is 0 Å². The molecule has 1 N–H and O–H groups in total. The van der Waals surface area contributed by atoms with E-state index in [0.717, 1.165) is 43.6 Å². The lowest BCUT2D eigenvalue weighted by atomic mass is 9.96. The standard InChI is InChI=1S/C22H26F3N5/c1-13(2)17-11-15(22(23,24)25)12-18-19-16(5-6-26-14(3)27-19)21(28-20(17)18)30-9-7-29(4)8-10-30/h11-12H,1,5-10H2,2-4H3,(H,26,27). The second-order valence-electron chi connectivity index (χ2n) is 8.12. The Hall–Kier alpha value is -2.61. The summed E-state index contributed by atoms with van der Waals surface area (Å²) < 4.78 is 40.9. The average molecular weight is 417 g/mol. The fourth-order valence-corrected chi connectivity index (χ4v) is 4.10. The third-order valence-corrected chi connectivity index (χ3v) is 5.78. The van der Waals surface area contributed by atoms with Crippen LogP contribution in [0, 0.1) is 0 Å². The number of amidine groups is 1. The number of anilines is 2. The molecule has 2 aliphatic rings. The zero-order valence-electron chi connectivity index (χ0n) is 17.5. The number of rotatable bonds is 2. The third kappa shape index (κ3) is 3.76. The van der Waals surface area contributed by atoms with Gasteiger partial charge in [-0.25, -0.2) is 4.98 Å². The van der Waals surface area contributed by atoms with Gasteiger partial charge in [-0.3, -0.25) is 4.99 Å². The molecule has 0 aliphatic carbocycles. The maximum Gasteiger partial charge on any atom is 0.416 e. The van der Waals surface area contributed by atoms with Crippen molar-refractivity contribution in [3.05, 3.63) is 35.4 Å². The highest BCUT2D eigenvalue weighted by Gasteiger charge is 2.33. The van der Waals surface area contributed by atoms with Gasteiger partial charge in [0.2, 0.25) is 0 Å². The van der Waals surface area contributed by atoms with Crippen LogP contribution < -0.4 is 10.2 Å². The number of benzene rings is 1. The number of alkyl halides is 3. The van der Waals surface area contributed by atoms with E-state index in [-0.39, 0.29) is 0 Å². The van der Waals surface area contributed by atoms with E-state index >= 15 is 0 Å². The summed E-state index contributed by atoms with van der Waals surface area (Å²) in [5.41, 5.74) is 2.46. The molecule has 2 aliphatic heterocycles. The van der Waals surface area contributed by atoms with E-state index in [1.807, 2.05) is 6.92 Å². The zero-order chi connectivity index (χ0) is 21.6. The molecule has 4 rings (SSSR count). The number of aliphatic imine (C=N–C) groups is 1. The molecule has 0 radical (unpaired) electrons. The Morgan fingerprint density at radius 3 is 2.50 bits per heavy atom. The van der Waals surface area contributed by atoms with Crippen molar-refractivity contribution in [2.24, 2.45) is 4.99 Å². The van der Waals surface area contributed by atoms with Crippen LogP contribution in [0.4, 0.5) is 24.7 Å². The summed E-state index contributed by atoms with van der Waals surface area (Å²) in [6, 6.07) is 2.36. The first-order valence-corrected chi connectivity index (χ1v) is 10.1. The van der Waals surface area contributed by atoms with Crippen molar-refractivity contribution in [1.29, 1.82) is 0 Å². The molecule has 5 nitrogen and oxygen atoms in total. The Kier molecular flexibility index (Phi) is 5.22. The van der Waals surface area contributed by atoms with Gasteiger partial charge >= 0.3 is 6.18 Å². The molecule has 0 atom stereocenters. The molecule has 0 bridgehead atoms. The molecular formula is C22H26F3N5. The number of fused-ring (bicyclic) bond motifs is 3. The number of piperazine rings is 1. The van der Waals surface area contributed by atoms with Gasteiger partial charge < -0.3 is 15.1 Å². The molecule has 0 amide bonds. The van der Waals surface area contributed by atoms with Crippen molar-refractivity contribution in [3.63, 3.8) is 0 Å². The van der Waals surface area contributed by atoms with Crippen molar-refractivity contribution in [3.8, 4) is 0 Å². The summed E-state index contributed by atoms with van der Waals surface area (Å²) in [6.07, 6.45) is -3.82. The van der Waals surface area contributed by atoms with E-state index in [0.29, 0.717) is 46.5 Å². The minimum atomic E-state index is -4.45. The molecule has 8 heteroatoms. The molecule has 1 aromatic heterocycles. The van der Waals surface area contributed by atoms with Gasteiger partial charge in [-0.1, -0.05) is 6.58 Å². The van der Waals surface area contributed by atoms with Gasteiger partial charge in [0.05, 0.1) is 22.6 Å². The van der Waals surface area contributed by atoms with Crippen LogP contribution in [0.1, 0.15) is 30.5 Å². The van der Waals surface area contributed by atoms with Crippen molar-refractivity contribution >= 4 is 33.8 Å². The molecule has 30 heavy (non-hydrogen) atoms. The number of nitrogens with zero attached hydrogens (tertiary/aromatic N) is 4. The second-order valence-corrected chi connectivity index (χ2v) is 8.12. The number of aromatic nitrogens is 1. The van der Waals surface area contributed by atoms with Crippen molar-refractivity contribution in [2.45, 2.75) is 26.4 Å². The number of nitrogens with one attached hydrogen (secondary N) is 1. The first kappa shape index (κ1) is 20.7. The SMILES string of the molecule is C=C(C)c1cc(C(F)(F)F)cc2c3c(c(N4CCN(C)CC4)nc12)CCN=C(C)N3. The number of pyridine rings is 1. The quantitative estimate of drug-likeness (QED) is 0.786. The van der Waals surface area contributed by atoms with Gasteiger partial charge in [0.1, 0.15) is 5.82 Å². The maximum atomic E-state index is 13.6. The minimum Gasteiger partial charge on any atom is -0.354 e. The molecule has 0 saturated carbocycles. The maximum absolute atomic E-state index is 13.6. The summed E-state index contributed by atoms with van der Waals surface area (Å²) in [5.74, 6) is 1.53. The smallest absolute Gasteiger partial charge is 0.354 e. The highest BCUT2D eigenvalue weighted by molar-refractivity contribution is 6.08. The highest BCUT2D eigenvalue weighted by atomic mass is 19.4. The monoisotopic (exact) mass is 417 g/mol. The molecule has 3 heterocycles. The number of hydrogen-bond donors (Lipinski definition) is 1. The lowest BCUT2D eigenvalue weighted by Gasteiger charge is -2.35. The number of allylic oxidation sites excluding steroid dienone is 1. The third-order valence-electron chi connectivity index (χ3n) is 5.78. The Morgan fingerprint density at radius 1 is 1.17 bits per heavy atom. The summed E-state index contributed by atoms with van der Waals surface area (Å²) in [6.45, 7) is 11.5. The normalized spacial score (nSPS) is 17.9. The molecule has 2 aromatic rings. The first-order chi connectivity index (χ1) is 14.1. The van der Waals surface area contributed by atoms with E-state index in [9.17, 15) is 13.2 Å². The predicted molar refractivity (Wildman–Crippen MR) is 116 cm³/mol. The lowest BCUT2D eigenvalue weighted by molar-refractivity contribution is -0.137. The highest BCUT2D eigenvalue weighted by Crippen LogP contribution is 2.41. The number of hydrogen-bond acceptors (Lipinski definition) is 5. The van der Waals surface area contributed by atoms with Crippen LogP contribution in [0.5, 0.6) is 0 Å². The molecular weight excluding hydrogens is 391 g/mol. The van der Waals surface area contributed by atoms with Crippen molar-refractivity contribution in [1.82, 2.24) is 9.88 Å². The summed E-state index contributed by atoms with van der Waals surface area (Å²) in [4.78, 5) is 13.9. The summed E-state index contributed by atoms with van der Waals surface area (Å²) in [7, 11) is 2.09. The van der Waals surface area contributed by atoms with Crippen molar-refractivity contribution in [2.75, 3.05) is 50.0 Å². The van der Waals surface area contributed by atoms with Gasteiger partial charge in [0, 0.05) is 49.2 Å². The Bertz CT molecular complexity index is 1030. The van der Waals surface area contributed by atoms with Crippen LogP contribution >= 0.6 is 0 Å². The Balaban J connectivity index is 2.02. The van der Waals surface area contributed by atoms with E-state index in [1.54, 1.807) is 6.92 Å². The zero-order valence-corrected chi connectivity index (χ0v) is 17.5. The molecule has 0 unspecified atom stereocenters. The van der Waals surface area contributed by atoms with Crippen molar-refractivity contribution < 1.29 is 13.2 Å². The molecule has 1 fully saturated rings. The number of halogens is 3. The summed E-state index contributed by atoms with van der Waals surface area (Å²) in [5, 5.41) is 3.74. The predicted octanol–water partition coefficient (Wildman–Crippen LogP) is 4.42. The van der Waals surface area contributed by atoms with Gasteiger partial charge in [-0.2, -0.15) is 13.2 Å². The topological polar surface area (TPSA) is 43.8 Å². The largest absolute Gasteiger partial charge is 0.416 e. The molecule has 1 saturated heterocycles. The number of likely N-dealkylation sites (N-methyl/N-ethyl adjacent to an activating group) is 1. The van der Waals surface area contributed by atoms with Crippen LogP contribution in [0.25, 0.3) is 16.5 Å².